The van der Waals surface area contributed by atoms with Gasteiger partial charge in [0.2, 0.25) is 5.95 Å². The van der Waals surface area contributed by atoms with Gasteiger partial charge in [0.05, 0.1) is 19.8 Å². The third-order valence-electron chi connectivity index (χ3n) is 5.16. The first-order valence-electron chi connectivity index (χ1n) is 8.26. The van der Waals surface area contributed by atoms with Crippen LogP contribution < -0.4 is 4.90 Å². The van der Waals surface area contributed by atoms with E-state index in [2.05, 4.69) is 19.8 Å². The van der Waals surface area contributed by atoms with Crippen LogP contribution in [0, 0.1) is 5.41 Å². The number of anilines is 1. The van der Waals surface area contributed by atoms with Crippen molar-refractivity contribution in [2.45, 2.75) is 18.9 Å². The molecule has 0 bridgehead atoms. The van der Waals surface area contributed by atoms with Crippen molar-refractivity contribution >= 4 is 5.95 Å². The van der Waals surface area contributed by atoms with Crippen LogP contribution in [0.15, 0.2) is 18.5 Å². The van der Waals surface area contributed by atoms with Crippen molar-refractivity contribution < 1.29 is 9.47 Å². The lowest BCUT2D eigenvalue weighted by Crippen LogP contribution is -2.45. The van der Waals surface area contributed by atoms with Gasteiger partial charge in [0.1, 0.15) is 0 Å². The van der Waals surface area contributed by atoms with Crippen molar-refractivity contribution in [1.29, 1.82) is 0 Å². The average Bonchev–Trinajstić information content (AvgIpc) is 3.17. The van der Waals surface area contributed by atoms with Crippen LogP contribution in [0.2, 0.25) is 0 Å². The Morgan fingerprint density at radius 1 is 1.09 bits per heavy atom. The lowest BCUT2D eigenvalue weighted by Gasteiger charge is -2.34. The Hall–Kier alpha value is -1.24. The van der Waals surface area contributed by atoms with Crippen molar-refractivity contribution in [3.63, 3.8) is 0 Å². The summed E-state index contributed by atoms with van der Waals surface area (Å²) in [4.78, 5) is 13.7. The van der Waals surface area contributed by atoms with E-state index < -0.39 is 0 Å². The molecular formula is C16H24N4O2. The van der Waals surface area contributed by atoms with Gasteiger partial charge in [-0.2, -0.15) is 0 Å². The van der Waals surface area contributed by atoms with Gasteiger partial charge in [-0.1, -0.05) is 0 Å². The lowest BCUT2D eigenvalue weighted by atomic mass is 9.87. The van der Waals surface area contributed by atoms with E-state index in [-0.39, 0.29) is 5.41 Å². The van der Waals surface area contributed by atoms with Gasteiger partial charge in [-0.25, -0.2) is 9.97 Å². The second kappa shape index (κ2) is 6.10. The molecule has 4 rings (SSSR count). The molecule has 0 radical (unpaired) electrons. The number of rotatable bonds is 2. The van der Waals surface area contributed by atoms with Crippen LogP contribution in [0.25, 0.3) is 0 Å². The predicted octanol–water partition coefficient (Wildman–Crippen LogP) is 0.794. The molecule has 0 N–H and O–H groups in total. The highest BCUT2D eigenvalue weighted by molar-refractivity contribution is 5.32. The second-order valence-electron chi connectivity index (χ2n) is 6.76. The second-order valence-corrected chi connectivity index (χ2v) is 6.76. The predicted molar refractivity (Wildman–Crippen MR) is 82.9 cm³/mol. The molecule has 0 unspecified atom stereocenters. The minimum atomic E-state index is 0.207. The van der Waals surface area contributed by atoms with Crippen molar-refractivity contribution in [3.8, 4) is 0 Å². The highest BCUT2D eigenvalue weighted by atomic mass is 16.5. The van der Waals surface area contributed by atoms with Gasteiger partial charge in [0.25, 0.3) is 0 Å². The lowest BCUT2D eigenvalue weighted by molar-refractivity contribution is 0.0781. The Balaban J connectivity index is 1.48. The molecule has 3 aliphatic heterocycles. The molecule has 6 nitrogen and oxygen atoms in total. The fraction of sp³-hybridized carbons (Fsp3) is 0.750. The van der Waals surface area contributed by atoms with Gasteiger partial charge in [-0.3, -0.25) is 4.90 Å². The monoisotopic (exact) mass is 304 g/mol. The molecule has 3 aliphatic rings. The third-order valence-corrected chi connectivity index (χ3v) is 5.16. The third kappa shape index (κ3) is 2.83. The Morgan fingerprint density at radius 3 is 2.82 bits per heavy atom. The molecule has 0 saturated carbocycles. The summed E-state index contributed by atoms with van der Waals surface area (Å²) in [6.45, 7) is 7.59. The summed E-state index contributed by atoms with van der Waals surface area (Å²) in [5.41, 5.74) is 0.207. The molecule has 0 amide bonds. The van der Waals surface area contributed by atoms with E-state index in [0.717, 1.165) is 71.4 Å². The van der Waals surface area contributed by atoms with Crippen molar-refractivity contribution in [2.24, 2.45) is 5.41 Å². The van der Waals surface area contributed by atoms with Crippen LogP contribution in [0.5, 0.6) is 0 Å². The molecule has 3 saturated heterocycles. The molecule has 3 fully saturated rings. The molecule has 6 heteroatoms. The summed E-state index contributed by atoms with van der Waals surface area (Å²) in [7, 11) is 0. The number of ether oxygens (including phenoxy) is 2. The Morgan fingerprint density at radius 2 is 2.00 bits per heavy atom. The molecule has 0 aromatic carbocycles. The van der Waals surface area contributed by atoms with E-state index in [0.29, 0.717) is 6.04 Å². The molecule has 1 spiro atoms. The number of hydrogen-bond donors (Lipinski definition) is 0. The first-order valence-corrected chi connectivity index (χ1v) is 8.26. The molecular weight excluding hydrogens is 280 g/mol. The van der Waals surface area contributed by atoms with E-state index in [1.54, 1.807) is 0 Å². The van der Waals surface area contributed by atoms with Crippen LogP contribution in [0.3, 0.4) is 0 Å². The van der Waals surface area contributed by atoms with E-state index in [4.69, 9.17) is 9.47 Å². The number of hydrogen-bond acceptors (Lipinski definition) is 6. The van der Waals surface area contributed by atoms with Crippen LogP contribution in [0.4, 0.5) is 5.95 Å². The van der Waals surface area contributed by atoms with Gasteiger partial charge in [0.15, 0.2) is 0 Å². The highest BCUT2D eigenvalue weighted by Gasteiger charge is 2.43. The van der Waals surface area contributed by atoms with Crippen LogP contribution >= 0.6 is 0 Å². The first-order chi connectivity index (χ1) is 10.8. The van der Waals surface area contributed by atoms with E-state index in [1.165, 1.54) is 0 Å². The summed E-state index contributed by atoms with van der Waals surface area (Å²) in [5, 5.41) is 0. The van der Waals surface area contributed by atoms with Gasteiger partial charge < -0.3 is 14.4 Å². The van der Waals surface area contributed by atoms with Gasteiger partial charge in [-0.05, 0) is 18.9 Å². The maximum Gasteiger partial charge on any atom is 0.225 e. The van der Waals surface area contributed by atoms with Gasteiger partial charge >= 0.3 is 0 Å². The maximum absolute atomic E-state index is 5.96. The zero-order valence-corrected chi connectivity index (χ0v) is 13.0. The van der Waals surface area contributed by atoms with Crippen molar-refractivity contribution in [3.05, 3.63) is 18.5 Å². The standard InChI is InChI=1S/C16H24N4O2/c1-4-17-15(18-5-1)20-6-3-16(12-20)11-19(7-9-22-13-16)14-2-8-21-10-14/h1,4-5,14H,2-3,6-13H2/t14-,16+/m0/s1. The highest BCUT2D eigenvalue weighted by Crippen LogP contribution is 2.35. The zero-order valence-electron chi connectivity index (χ0n) is 13.0. The zero-order chi connectivity index (χ0) is 14.8. The topological polar surface area (TPSA) is 50.7 Å². The largest absolute Gasteiger partial charge is 0.380 e. The Bertz CT molecular complexity index is 494. The molecule has 22 heavy (non-hydrogen) atoms. The minimum absolute atomic E-state index is 0.207. The summed E-state index contributed by atoms with van der Waals surface area (Å²) in [6.07, 6.45) is 5.94. The first kappa shape index (κ1) is 14.4. The summed E-state index contributed by atoms with van der Waals surface area (Å²) in [5.74, 6) is 0.847. The van der Waals surface area contributed by atoms with Crippen LogP contribution in [-0.4, -0.2) is 73.5 Å². The summed E-state index contributed by atoms with van der Waals surface area (Å²) < 4.78 is 11.5. The maximum atomic E-state index is 5.96. The summed E-state index contributed by atoms with van der Waals surface area (Å²) in [6, 6.07) is 2.44. The van der Waals surface area contributed by atoms with Crippen molar-refractivity contribution in [1.82, 2.24) is 14.9 Å². The SMILES string of the molecule is c1cnc(N2CC[C@]3(COCCN([C@H]4CCOC4)C3)C2)nc1. The van der Waals surface area contributed by atoms with Gasteiger partial charge in [0, 0.05) is 56.6 Å². The molecule has 0 aliphatic carbocycles. The fourth-order valence-corrected chi connectivity index (χ4v) is 3.95. The number of aromatic nitrogens is 2. The molecule has 120 valence electrons. The molecule has 1 aromatic rings. The molecule has 4 heterocycles. The summed E-state index contributed by atoms with van der Waals surface area (Å²) >= 11 is 0. The minimum Gasteiger partial charge on any atom is -0.380 e. The fourth-order valence-electron chi connectivity index (χ4n) is 3.95. The number of nitrogens with zero attached hydrogens (tertiary/aromatic N) is 4. The smallest absolute Gasteiger partial charge is 0.225 e. The Kier molecular flexibility index (Phi) is 3.98. The van der Waals surface area contributed by atoms with E-state index in [9.17, 15) is 0 Å². The molecule has 1 aromatic heterocycles. The van der Waals surface area contributed by atoms with Crippen molar-refractivity contribution in [2.75, 3.05) is 57.5 Å². The van der Waals surface area contributed by atoms with E-state index >= 15 is 0 Å². The average molecular weight is 304 g/mol. The van der Waals surface area contributed by atoms with Gasteiger partial charge in [-0.15, -0.1) is 0 Å². The van der Waals surface area contributed by atoms with Crippen LogP contribution in [0.1, 0.15) is 12.8 Å². The Labute approximate surface area is 131 Å². The molecule has 2 atom stereocenters. The normalized spacial score (nSPS) is 33.5. The van der Waals surface area contributed by atoms with E-state index in [1.807, 2.05) is 18.5 Å². The van der Waals surface area contributed by atoms with Crippen LogP contribution in [-0.2, 0) is 9.47 Å². The quantitative estimate of drug-likeness (QED) is 0.805.